The van der Waals surface area contributed by atoms with Gasteiger partial charge < -0.3 is 0 Å². The SMILES string of the molecule is CCCN1CCC[C@H]1Cn1cc(C=O)nn1. The molecule has 1 aliphatic heterocycles. The molecule has 0 aliphatic carbocycles. The fourth-order valence-corrected chi connectivity index (χ4v) is 2.36. The van der Waals surface area contributed by atoms with E-state index in [1.807, 2.05) is 0 Å². The molecule has 1 aliphatic rings. The number of aromatic nitrogens is 3. The lowest BCUT2D eigenvalue weighted by Gasteiger charge is -2.23. The minimum absolute atomic E-state index is 0.417. The van der Waals surface area contributed by atoms with Crippen LogP contribution in [0, 0.1) is 0 Å². The van der Waals surface area contributed by atoms with E-state index in [-0.39, 0.29) is 0 Å². The molecule has 16 heavy (non-hydrogen) atoms. The maximum Gasteiger partial charge on any atom is 0.171 e. The van der Waals surface area contributed by atoms with Crippen molar-refractivity contribution in [2.75, 3.05) is 13.1 Å². The van der Waals surface area contributed by atoms with Gasteiger partial charge in [-0.2, -0.15) is 0 Å². The lowest BCUT2D eigenvalue weighted by molar-refractivity contribution is 0.111. The molecule has 88 valence electrons. The predicted molar refractivity (Wildman–Crippen MR) is 60.3 cm³/mol. The summed E-state index contributed by atoms with van der Waals surface area (Å²) in [4.78, 5) is 13.0. The highest BCUT2D eigenvalue weighted by atomic mass is 16.1. The highest BCUT2D eigenvalue weighted by molar-refractivity contribution is 5.70. The van der Waals surface area contributed by atoms with Crippen molar-refractivity contribution in [3.05, 3.63) is 11.9 Å². The summed E-state index contributed by atoms with van der Waals surface area (Å²) in [6.45, 7) is 5.39. The van der Waals surface area contributed by atoms with Crippen molar-refractivity contribution in [3.8, 4) is 0 Å². The number of carbonyl (C=O) groups excluding carboxylic acids is 1. The second kappa shape index (κ2) is 5.21. The molecule has 1 aromatic heterocycles. The van der Waals surface area contributed by atoms with E-state index in [2.05, 4.69) is 22.1 Å². The molecular formula is C11H18N4O. The number of rotatable bonds is 5. The van der Waals surface area contributed by atoms with Crippen LogP contribution >= 0.6 is 0 Å². The van der Waals surface area contributed by atoms with E-state index in [9.17, 15) is 4.79 Å². The monoisotopic (exact) mass is 222 g/mol. The van der Waals surface area contributed by atoms with Crippen LogP contribution in [0.25, 0.3) is 0 Å². The third-order valence-electron chi connectivity index (χ3n) is 3.08. The van der Waals surface area contributed by atoms with Crippen LogP contribution < -0.4 is 0 Å². The van der Waals surface area contributed by atoms with E-state index in [0.29, 0.717) is 11.7 Å². The van der Waals surface area contributed by atoms with Gasteiger partial charge in [0.05, 0.1) is 12.7 Å². The highest BCUT2D eigenvalue weighted by Crippen LogP contribution is 2.18. The van der Waals surface area contributed by atoms with Gasteiger partial charge in [-0.25, -0.2) is 0 Å². The highest BCUT2D eigenvalue weighted by Gasteiger charge is 2.24. The molecule has 1 fully saturated rings. The Morgan fingerprint density at radius 1 is 1.62 bits per heavy atom. The number of aldehydes is 1. The van der Waals surface area contributed by atoms with Crippen LogP contribution in [0.4, 0.5) is 0 Å². The molecule has 2 rings (SSSR count). The molecule has 1 saturated heterocycles. The smallest absolute Gasteiger partial charge is 0.171 e. The molecule has 0 spiro atoms. The summed E-state index contributed by atoms with van der Waals surface area (Å²) in [6, 6.07) is 0.557. The average Bonchev–Trinajstić information content (AvgIpc) is 2.90. The summed E-state index contributed by atoms with van der Waals surface area (Å²) in [6.07, 6.45) is 6.13. The summed E-state index contributed by atoms with van der Waals surface area (Å²) in [5, 5.41) is 7.73. The van der Waals surface area contributed by atoms with E-state index in [0.717, 1.165) is 19.4 Å². The quantitative estimate of drug-likeness (QED) is 0.696. The van der Waals surface area contributed by atoms with E-state index in [1.54, 1.807) is 10.9 Å². The molecule has 0 saturated carbocycles. The first kappa shape index (κ1) is 11.3. The van der Waals surface area contributed by atoms with E-state index in [4.69, 9.17) is 0 Å². The van der Waals surface area contributed by atoms with Crippen LogP contribution in [-0.4, -0.2) is 45.3 Å². The van der Waals surface area contributed by atoms with Gasteiger partial charge in [-0.3, -0.25) is 14.4 Å². The first-order valence-corrected chi connectivity index (χ1v) is 5.93. The molecule has 0 bridgehead atoms. The second-order valence-electron chi connectivity index (χ2n) is 4.32. The van der Waals surface area contributed by atoms with Gasteiger partial charge >= 0.3 is 0 Å². The Kier molecular flexibility index (Phi) is 3.66. The average molecular weight is 222 g/mol. The van der Waals surface area contributed by atoms with E-state index in [1.165, 1.54) is 25.8 Å². The van der Waals surface area contributed by atoms with Crippen LogP contribution in [0.1, 0.15) is 36.7 Å². The number of hydrogen-bond acceptors (Lipinski definition) is 4. The van der Waals surface area contributed by atoms with Crippen LogP contribution in [0.5, 0.6) is 0 Å². The maximum absolute atomic E-state index is 10.5. The summed E-state index contributed by atoms with van der Waals surface area (Å²) < 4.78 is 1.78. The van der Waals surface area contributed by atoms with Crippen molar-refractivity contribution >= 4 is 6.29 Å². The van der Waals surface area contributed by atoms with E-state index >= 15 is 0 Å². The van der Waals surface area contributed by atoms with Crippen LogP contribution in [0.2, 0.25) is 0 Å². The molecule has 1 aromatic rings. The minimum atomic E-state index is 0.417. The third kappa shape index (κ3) is 2.47. The molecule has 2 heterocycles. The van der Waals surface area contributed by atoms with Crippen LogP contribution in [0.15, 0.2) is 6.20 Å². The summed E-state index contributed by atoms with van der Waals surface area (Å²) in [7, 11) is 0. The van der Waals surface area contributed by atoms with Gasteiger partial charge in [-0.1, -0.05) is 12.1 Å². The zero-order valence-corrected chi connectivity index (χ0v) is 9.67. The molecule has 0 unspecified atom stereocenters. The summed E-state index contributed by atoms with van der Waals surface area (Å²) >= 11 is 0. The Balaban J connectivity index is 1.95. The molecule has 1 atom stereocenters. The fraction of sp³-hybridized carbons (Fsp3) is 0.727. The van der Waals surface area contributed by atoms with Gasteiger partial charge in [0.2, 0.25) is 0 Å². The summed E-state index contributed by atoms with van der Waals surface area (Å²) in [5.74, 6) is 0. The number of hydrogen-bond donors (Lipinski definition) is 0. The topological polar surface area (TPSA) is 51.0 Å². The molecule has 0 radical (unpaired) electrons. The minimum Gasteiger partial charge on any atom is -0.299 e. The Bertz CT molecular complexity index is 350. The lowest BCUT2D eigenvalue weighted by atomic mass is 10.2. The van der Waals surface area contributed by atoms with Gasteiger partial charge in [-0.15, -0.1) is 5.10 Å². The largest absolute Gasteiger partial charge is 0.299 e. The van der Waals surface area contributed by atoms with Crippen LogP contribution in [-0.2, 0) is 6.54 Å². The maximum atomic E-state index is 10.5. The zero-order chi connectivity index (χ0) is 11.4. The van der Waals surface area contributed by atoms with E-state index < -0.39 is 0 Å². The van der Waals surface area contributed by atoms with Crippen molar-refractivity contribution in [1.82, 2.24) is 19.9 Å². The number of carbonyl (C=O) groups is 1. The van der Waals surface area contributed by atoms with Crippen molar-refractivity contribution in [3.63, 3.8) is 0 Å². The molecule has 5 nitrogen and oxygen atoms in total. The van der Waals surface area contributed by atoms with Gasteiger partial charge in [-0.05, 0) is 32.4 Å². The molecule has 5 heteroatoms. The Morgan fingerprint density at radius 3 is 3.19 bits per heavy atom. The molecular weight excluding hydrogens is 204 g/mol. The number of nitrogens with zero attached hydrogens (tertiary/aromatic N) is 4. The fourth-order valence-electron chi connectivity index (χ4n) is 2.36. The first-order valence-electron chi connectivity index (χ1n) is 5.93. The van der Waals surface area contributed by atoms with Gasteiger partial charge in [0, 0.05) is 6.04 Å². The lowest BCUT2D eigenvalue weighted by Crippen LogP contribution is -2.33. The zero-order valence-electron chi connectivity index (χ0n) is 9.67. The Morgan fingerprint density at radius 2 is 2.50 bits per heavy atom. The summed E-state index contributed by atoms with van der Waals surface area (Å²) in [5.41, 5.74) is 0.417. The molecule has 0 amide bonds. The van der Waals surface area contributed by atoms with Gasteiger partial charge in [0.1, 0.15) is 5.69 Å². The van der Waals surface area contributed by atoms with Crippen LogP contribution in [0.3, 0.4) is 0 Å². The Hall–Kier alpha value is -1.23. The normalized spacial score (nSPS) is 21.4. The third-order valence-corrected chi connectivity index (χ3v) is 3.08. The van der Waals surface area contributed by atoms with Crippen molar-refractivity contribution in [1.29, 1.82) is 0 Å². The molecule has 0 N–H and O–H groups in total. The first-order chi connectivity index (χ1) is 7.83. The predicted octanol–water partition coefficient (Wildman–Crippen LogP) is 0.965. The van der Waals surface area contributed by atoms with Gasteiger partial charge in [0.25, 0.3) is 0 Å². The second-order valence-corrected chi connectivity index (χ2v) is 4.32. The van der Waals surface area contributed by atoms with Crippen molar-refractivity contribution in [2.45, 2.75) is 38.8 Å². The Labute approximate surface area is 95.4 Å². The number of likely N-dealkylation sites (tertiary alicyclic amines) is 1. The van der Waals surface area contributed by atoms with Crippen molar-refractivity contribution < 1.29 is 4.79 Å². The molecule has 0 aromatic carbocycles. The standard InChI is InChI=1S/C11H18N4O/c1-2-5-14-6-3-4-11(14)8-15-7-10(9-16)12-13-15/h7,9,11H,2-6,8H2,1H3/t11-/m0/s1. The van der Waals surface area contributed by atoms with Gasteiger partial charge in [0.15, 0.2) is 6.29 Å². The van der Waals surface area contributed by atoms with Crippen molar-refractivity contribution in [2.24, 2.45) is 0 Å².